The second-order valence-corrected chi connectivity index (χ2v) is 6.43. The van der Waals surface area contributed by atoms with Crippen molar-refractivity contribution in [2.24, 2.45) is 0 Å². The third kappa shape index (κ3) is 1.91. The van der Waals surface area contributed by atoms with E-state index in [2.05, 4.69) is 0 Å². The highest BCUT2D eigenvalue weighted by molar-refractivity contribution is 7.89. The van der Waals surface area contributed by atoms with Crippen molar-refractivity contribution in [3.05, 3.63) is 24.3 Å². The average molecular weight is 268 g/mol. The lowest BCUT2D eigenvalue weighted by Crippen LogP contribution is -2.41. The number of rotatable bonds is 0. The van der Waals surface area contributed by atoms with Gasteiger partial charge in [-0.2, -0.15) is 4.31 Å². The molecule has 1 aromatic rings. The number of amides is 1. The summed E-state index contributed by atoms with van der Waals surface area (Å²) in [5.41, 5.74) is 0.459. The summed E-state index contributed by atoms with van der Waals surface area (Å²) < 4.78 is 26.1. The number of likely N-dealkylation sites (N-methyl/N-ethyl adjacent to an activating group) is 1. The Morgan fingerprint density at radius 3 is 2.56 bits per heavy atom. The number of anilines is 1. The van der Waals surface area contributed by atoms with Crippen molar-refractivity contribution in [2.75, 3.05) is 18.5 Å². The first-order chi connectivity index (χ1) is 8.35. The molecule has 1 heterocycles. The maximum atomic E-state index is 12.4. The molecule has 0 saturated carbocycles. The van der Waals surface area contributed by atoms with Gasteiger partial charge in [0, 0.05) is 26.6 Å². The second-order valence-electron chi connectivity index (χ2n) is 4.47. The molecule has 1 amide bonds. The van der Waals surface area contributed by atoms with E-state index in [-0.39, 0.29) is 16.8 Å². The summed E-state index contributed by atoms with van der Waals surface area (Å²) in [6.45, 7) is 3.60. The minimum absolute atomic E-state index is 0.153. The normalized spacial score (nSPS) is 23.3. The van der Waals surface area contributed by atoms with Crippen LogP contribution >= 0.6 is 0 Å². The Bertz CT molecular complexity index is 583. The Labute approximate surface area is 107 Å². The number of nitrogens with zero attached hydrogens (tertiary/aromatic N) is 2. The van der Waals surface area contributed by atoms with Gasteiger partial charge in [0.2, 0.25) is 15.9 Å². The summed E-state index contributed by atoms with van der Waals surface area (Å²) in [4.78, 5) is 13.4. The Hall–Kier alpha value is -1.40. The molecule has 0 aliphatic carbocycles. The van der Waals surface area contributed by atoms with E-state index in [1.807, 2.05) is 0 Å². The molecule has 2 rings (SSSR count). The van der Waals surface area contributed by atoms with Gasteiger partial charge in [-0.1, -0.05) is 12.1 Å². The van der Waals surface area contributed by atoms with Gasteiger partial charge in [-0.05, 0) is 19.1 Å². The minimum Gasteiger partial charge on any atom is -0.310 e. The van der Waals surface area contributed by atoms with Crippen molar-refractivity contribution in [1.29, 1.82) is 0 Å². The van der Waals surface area contributed by atoms with Crippen molar-refractivity contribution in [3.63, 3.8) is 0 Å². The lowest BCUT2D eigenvalue weighted by atomic mass is 10.2. The van der Waals surface area contributed by atoms with Gasteiger partial charge in [-0.15, -0.1) is 0 Å². The SMILES string of the molecule is CC(=O)N1CC(C)N(C)S(=O)(=O)c2ccccc21. The highest BCUT2D eigenvalue weighted by atomic mass is 32.2. The number of sulfonamides is 1. The number of para-hydroxylation sites is 1. The Morgan fingerprint density at radius 1 is 1.33 bits per heavy atom. The van der Waals surface area contributed by atoms with Crippen LogP contribution in [0.4, 0.5) is 5.69 Å². The first-order valence-corrected chi connectivity index (χ1v) is 7.15. The molecule has 0 spiro atoms. The van der Waals surface area contributed by atoms with Crippen molar-refractivity contribution in [1.82, 2.24) is 4.31 Å². The molecule has 18 heavy (non-hydrogen) atoms. The van der Waals surface area contributed by atoms with E-state index < -0.39 is 10.0 Å². The van der Waals surface area contributed by atoms with E-state index in [0.717, 1.165) is 0 Å². The molecule has 0 radical (unpaired) electrons. The molecule has 1 aliphatic rings. The van der Waals surface area contributed by atoms with Gasteiger partial charge < -0.3 is 4.90 Å². The molecule has 5 nitrogen and oxygen atoms in total. The maximum absolute atomic E-state index is 12.4. The van der Waals surface area contributed by atoms with E-state index in [1.165, 1.54) is 22.2 Å². The van der Waals surface area contributed by atoms with Gasteiger partial charge in [0.05, 0.1) is 5.69 Å². The van der Waals surface area contributed by atoms with Crippen LogP contribution in [0.25, 0.3) is 0 Å². The fourth-order valence-electron chi connectivity index (χ4n) is 2.07. The Balaban J connectivity index is 2.71. The molecule has 1 unspecified atom stereocenters. The summed E-state index contributed by atoms with van der Waals surface area (Å²) in [6, 6.07) is 6.35. The van der Waals surface area contributed by atoms with Crippen LogP contribution in [-0.2, 0) is 14.8 Å². The lowest BCUT2D eigenvalue weighted by molar-refractivity contribution is -0.116. The third-order valence-corrected chi connectivity index (χ3v) is 5.28. The van der Waals surface area contributed by atoms with Gasteiger partial charge in [0.1, 0.15) is 4.90 Å². The number of hydrogen-bond donors (Lipinski definition) is 0. The zero-order valence-electron chi connectivity index (χ0n) is 10.6. The van der Waals surface area contributed by atoms with Crippen LogP contribution in [0.1, 0.15) is 13.8 Å². The van der Waals surface area contributed by atoms with Gasteiger partial charge in [0.15, 0.2) is 0 Å². The molecule has 1 atom stereocenters. The summed E-state index contributed by atoms with van der Waals surface area (Å²) >= 11 is 0. The van der Waals surface area contributed by atoms with Crippen molar-refractivity contribution in [3.8, 4) is 0 Å². The predicted molar refractivity (Wildman–Crippen MR) is 68.9 cm³/mol. The van der Waals surface area contributed by atoms with Crippen LogP contribution in [0.5, 0.6) is 0 Å². The van der Waals surface area contributed by atoms with Crippen LogP contribution in [0.15, 0.2) is 29.2 Å². The van der Waals surface area contributed by atoms with E-state index in [9.17, 15) is 13.2 Å². The quantitative estimate of drug-likeness (QED) is 0.707. The van der Waals surface area contributed by atoms with Gasteiger partial charge >= 0.3 is 0 Å². The van der Waals surface area contributed by atoms with Crippen LogP contribution in [0.2, 0.25) is 0 Å². The van der Waals surface area contributed by atoms with Crippen molar-refractivity contribution >= 4 is 21.6 Å². The van der Waals surface area contributed by atoms with Crippen molar-refractivity contribution in [2.45, 2.75) is 24.8 Å². The number of benzene rings is 1. The average Bonchev–Trinajstić information content (AvgIpc) is 2.40. The van der Waals surface area contributed by atoms with Crippen LogP contribution in [0.3, 0.4) is 0 Å². The first-order valence-electron chi connectivity index (χ1n) is 5.71. The topological polar surface area (TPSA) is 57.7 Å². The van der Waals surface area contributed by atoms with Gasteiger partial charge in [-0.3, -0.25) is 4.79 Å². The monoisotopic (exact) mass is 268 g/mol. The van der Waals surface area contributed by atoms with Crippen LogP contribution in [-0.4, -0.2) is 38.3 Å². The van der Waals surface area contributed by atoms with E-state index >= 15 is 0 Å². The number of carbonyl (C=O) groups is 1. The van der Waals surface area contributed by atoms with Gasteiger partial charge in [0.25, 0.3) is 0 Å². The zero-order chi connectivity index (χ0) is 13.5. The first kappa shape index (κ1) is 13.0. The summed E-state index contributed by atoms with van der Waals surface area (Å²) in [5, 5.41) is 0. The largest absolute Gasteiger partial charge is 0.310 e. The zero-order valence-corrected chi connectivity index (χ0v) is 11.4. The Kier molecular flexibility index (Phi) is 3.16. The number of fused-ring (bicyclic) bond motifs is 1. The predicted octanol–water partition coefficient (Wildman–Crippen LogP) is 1.06. The van der Waals surface area contributed by atoms with E-state index in [4.69, 9.17) is 0 Å². The van der Waals surface area contributed by atoms with Crippen molar-refractivity contribution < 1.29 is 13.2 Å². The molecular formula is C12H16N2O3S. The molecule has 98 valence electrons. The second kappa shape index (κ2) is 4.37. The van der Waals surface area contributed by atoms with E-state index in [0.29, 0.717) is 12.2 Å². The fraction of sp³-hybridized carbons (Fsp3) is 0.417. The van der Waals surface area contributed by atoms with Crippen LogP contribution in [0, 0.1) is 0 Å². The maximum Gasteiger partial charge on any atom is 0.245 e. The minimum atomic E-state index is -3.53. The summed E-state index contributed by atoms with van der Waals surface area (Å²) in [7, 11) is -1.99. The molecule has 1 aromatic carbocycles. The third-order valence-electron chi connectivity index (χ3n) is 3.26. The molecule has 6 heteroatoms. The molecule has 0 bridgehead atoms. The fourth-order valence-corrected chi connectivity index (χ4v) is 3.61. The summed E-state index contributed by atoms with van der Waals surface area (Å²) in [6.07, 6.45) is 0. The highest BCUT2D eigenvalue weighted by Crippen LogP contribution is 2.31. The van der Waals surface area contributed by atoms with Gasteiger partial charge in [-0.25, -0.2) is 8.42 Å². The number of carbonyl (C=O) groups excluding carboxylic acids is 1. The molecule has 1 aliphatic heterocycles. The number of hydrogen-bond acceptors (Lipinski definition) is 3. The van der Waals surface area contributed by atoms with E-state index in [1.54, 1.807) is 32.2 Å². The molecular weight excluding hydrogens is 252 g/mol. The van der Waals surface area contributed by atoms with Crippen LogP contribution < -0.4 is 4.90 Å². The molecule has 0 saturated heterocycles. The lowest BCUT2D eigenvalue weighted by Gasteiger charge is -2.24. The summed E-state index contributed by atoms with van der Waals surface area (Å²) in [5.74, 6) is -0.153. The highest BCUT2D eigenvalue weighted by Gasteiger charge is 2.35. The Morgan fingerprint density at radius 2 is 1.94 bits per heavy atom. The molecule has 0 aromatic heterocycles. The molecule has 0 fully saturated rings. The standard InChI is InChI=1S/C12H16N2O3S/c1-9-8-14(10(2)15)11-6-4-5-7-12(11)18(16,17)13(9)3/h4-7,9H,8H2,1-3H3. The smallest absolute Gasteiger partial charge is 0.245 e. The molecule has 0 N–H and O–H groups in total.